The highest BCUT2D eigenvalue weighted by atomic mass is 16.2. The molecule has 1 amide bonds. The molecular formula is C21H22N2O. The number of H-pyrrole nitrogens is 1. The Hall–Kier alpha value is -2.55. The zero-order valence-corrected chi connectivity index (χ0v) is 14.1. The van der Waals surface area contributed by atoms with Crippen molar-refractivity contribution in [1.29, 1.82) is 0 Å². The van der Waals surface area contributed by atoms with Crippen LogP contribution in [0.5, 0.6) is 0 Å². The van der Waals surface area contributed by atoms with E-state index in [1.54, 1.807) is 0 Å². The third-order valence-corrected chi connectivity index (χ3v) is 5.18. The number of fused-ring (bicyclic) bond motifs is 1. The number of carbonyl (C=O) groups excluding carboxylic acids is 1. The zero-order chi connectivity index (χ0) is 16.7. The Morgan fingerprint density at radius 3 is 2.50 bits per heavy atom. The molecule has 3 heteroatoms. The van der Waals surface area contributed by atoms with Gasteiger partial charge < -0.3 is 10.3 Å². The number of hydrogen-bond acceptors (Lipinski definition) is 1. The van der Waals surface area contributed by atoms with Crippen LogP contribution in [-0.2, 0) is 16.6 Å². The first-order valence-corrected chi connectivity index (χ1v) is 8.62. The van der Waals surface area contributed by atoms with Crippen molar-refractivity contribution in [2.75, 3.05) is 5.32 Å². The molecule has 0 spiro atoms. The van der Waals surface area contributed by atoms with E-state index in [2.05, 4.69) is 48.4 Å². The van der Waals surface area contributed by atoms with Gasteiger partial charge in [-0.2, -0.15) is 0 Å². The number of amides is 1. The number of benzene rings is 2. The van der Waals surface area contributed by atoms with Gasteiger partial charge in [0.2, 0.25) is 5.91 Å². The van der Waals surface area contributed by atoms with Gasteiger partial charge in [-0.15, -0.1) is 0 Å². The van der Waals surface area contributed by atoms with E-state index in [-0.39, 0.29) is 11.3 Å². The first-order chi connectivity index (χ1) is 11.6. The molecule has 0 saturated heterocycles. The van der Waals surface area contributed by atoms with Crippen LogP contribution in [0.25, 0.3) is 10.9 Å². The molecule has 1 aliphatic rings. The van der Waals surface area contributed by atoms with Crippen LogP contribution in [0.2, 0.25) is 0 Å². The Bertz CT molecular complexity index is 901. The summed E-state index contributed by atoms with van der Waals surface area (Å²) in [5.41, 5.74) is 5.15. The summed E-state index contributed by atoms with van der Waals surface area (Å²) in [5.74, 6) is 0.111. The van der Waals surface area contributed by atoms with Crippen molar-refractivity contribution in [3.05, 3.63) is 65.4 Å². The number of para-hydroxylation sites is 1. The SMILES string of the molecule is CCc1ccc(NC(=O)C2(c3c(C)[nH]c4ccccc34)CC2)cc1. The van der Waals surface area contributed by atoms with Gasteiger partial charge in [-0.25, -0.2) is 0 Å². The first kappa shape index (κ1) is 15.0. The maximum Gasteiger partial charge on any atom is 0.235 e. The summed E-state index contributed by atoms with van der Waals surface area (Å²) in [4.78, 5) is 16.4. The Balaban J connectivity index is 1.66. The Kier molecular flexibility index (Phi) is 3.45. The van der Waals surface area contributed by atoms with Gasteiger partial charge in [0.15, 0.2) is 0 Å². The van der Waals surface area contributed by atoms with Gasteiger partial charge in [-0.3, -0.25) is 4.79 Å². The lowest BCUT2D eigenvalue weighted by Gasteiger charge is -2.16. The largest absolute Gasteiger partial charge is 0.358 e. The molecule has 1 fully saturated rings. The molecule has 1 aliphatic carbocycles. The molecule has 1 heterocycles. The fraction of sp³-hybridized carbons (Fsp3) is 0.286. The second kappa shape index (κ2) is 5.52. The van der Waals surface area contributed by atoms with Crippen LogP contribution in [0, 0.1) is 6.92 Å². The molecule has 1 aromatic heterocycles. The minimum Gasteiger partial charge on any atom is -0.358 e. The van der Waals surface area contributed by atoms with Crippen molar-refractivity contribution < 1.29 is 4.79 Å². The molecule has 1 saturated carbocycles. The van der Waals surface area contributed by atoms with E-state index in [9.17, 15) is 4.79 Å². The average molecular weight is 318 g/mol. The number of nitrogens with one attached hydrogen (secondary N) is 2. The highest BCUT2D eigenvalue weighted by Crippen LogP contribution is 2.52. The van der Waals surface area contributed by atoms with Crippen molar-refractivity contribution in [1.82, 2.24) is 4.98 Å². The molecule has 0 radical (unpaired) electrons. The van der Waals surface area contributed by atoms with E-state index < -0.39 is 0 Å². The molecule has 0 bridgehead atoms. The minimum absolute atomic E-state index is 0.111. The summed E-state index contributed by atoms with van der Waals surface area (Å²) in [7, 11) is 0. The Morgan fingerprint density at radius 1 is 1.12 bits per heavy atom. The summed E-state index contributed by atoms with van der Waals surface area (Å²) < 4.78 is 0. The van der Waals surface area contributed by atoms with Gasteiger partial charge in [0.1, 0.15) is 0 Å². The van der Waals surface area contributed by atoms with Gasteiger partial charge in [-0.1, -0.05) is 37.3 Å². The lowest BCUT2D eigenvalue weighted by Crippen LogP contribution is -2.28. The van der Waals surface area contributed by atoms with Crippen LogP contribution in [0.15, 0.2) is 48.5 Å². The molecule has 3 nitrogen and oxygen atoms in total. The second-order valence-corrected chi connectivity index (χ2v) is 6.76. The lowest BCUT2D eigenvalue weighted by atomic mass is 9.92. The van der Waals surface area contributed by atoms with Crippen molar-refractivity contribution >= 4 is 22.5 Å². The third kappa shape index (κ3) is 2.32. The molecule has 122 valence electrons. The van der Waals surface area contributed by atoms with Crippen LogP contribution in [0.1, 0.15) is 36.6 Å². The number of aryl methyl sites for hydroxylation is 2. The number of aromatic nitrogens is 1. The second-order valence-electron chi connectivity index (χ2n) is 6.76. The summed E-state index contributed by atoms with van der Waals surface area (Å²) in [6.07, 6.45) is 2.83. The van der Waals surface area contributed by atoms with E-state index in [1.807, 2.05) is 24.3 Å². The number of aromatic amines is 1. The van der Waals surface area contributed by atoms with Crippen LogP contribution >= 0.6 is 0 Å². The molecule has 0 atom stereocenters. The number of hydrogen-bond donors (Lipinski definition) is 2. The van der Waals surface area contributed by atoms with E-state index in [0.717, 1.165) is 36.2 Å². The highest BCUT2D eigenvalue weighted by Gasteiger charge is 2.53. The molecule has 4 rings (SSSR count). The van der Waals surface area contributed by atoms with Crippen LogP contribution < -0.4 is 5.32 Å². The van der Waals surface area contributed by atoms with Crippen LogP contribution in [0.4, 0.5) is 5.69 Å². The summed E-state index contributed by atoms with van der Waals surface area (Å²) >= 11 is 0. The van der Waals surface area contributed by atoms with Gasteiger partial charge >= 0.3 is 0 Å². The van der Waals surface area contributed by atoms with Crippen molar-refractivity contribution in [3.63, 3.8) is 0 Å². The molecule has 24 heavy (non-hydrogen) atoms. The van der Waals surface area contributed by atoms with E-state index in [1.165, 1.54) is 16.5 Å². The van der Waals surface area contributed by atoms with E-state index in [0.29, 0.717) is 0 Å². The van der Waals surface area contributed by atoms with E-state index >= 15 is 0 Å². The smallest absolute Gasteiger partial charge is 0.235 e. The monoisotopic (exact) mass is 318 g/mol. The molecule has 0 unspecified atom stereocenters. The fourth-order valence-corrected chi connectivity index (χ4v) is 3.68. The third-order valence-electron chi connectivity index (χ3n) is 5.18. The predicted molar refractivity (Wildman–Crippen MR) is 98.4 cm³/mol. The Morgan fingerprint density at radius 2 is 1.83 bits per heavy atom. The maximum atomic E-state index is 13.0. The average Bonchev–Trinajstić information content (AvgIpc) is 3.32. The van der Waals surface area contributed by atoms with Crippen molar-refractivity contribution in [3.8, 4) is 0 Å². The summed E-state index contributed by atoms with van der Waals surface area (Å²) in [5, 5.41) is 4.29. The molecule has 3 aromatic rings. The fourth-order valence-electron chi connectivity index (χ4n) is 3.68. The standard InChI is InChI=1S/C21H22N2O/c1-3-15-8-10-16(11-9-15)23-20(24)21(12-13-21)19-14(2)22-18-7-5-4-6-17(18)19/h4-11,22H,3,12-13H2,1-2H3,(H,23,24). The number of carbonyl (C=O) groups is 1. The van der Waals surface area contributed by atoms with Gasteiger partial charge in [0.25, 0.3) is 0 Å². The van der Waals surface area contributed by atoms with Gasteiger partial charge in [0.05, 0.1) is 5.41 Å². The summed E-state index contributed by atoms with van der Waals surface area (Å²) in [6.45, 7) is 4.20. The normalized spacial score (nSPS) is 15.4. The lowest BCUT2D eigenvalue weighted by molar-refractivity contribution is -0.118. The van der Waals surface area contributed by atoms with Gasteiger partial charge in [0, 0.05) is 22.3 Å². The highest BCUT2D eigenvalue weighted by molar-refractivity contribution is 6.05. The zero-order valence-electron chi connectivity index (χ0n) is 14.1. The molecule has 0 aliphatic heterocycles. The Labute approximate surface area is 142 Å². The molecular weight excluding hydrogens is 296 g/mol. The van der Waals surface area contributed by atoms with E-state index in [4.69, 9.17) is 0 Å². The first-order valence-electron chi connectivity index (χ1n) is 8.62. The molecule has 2 N–H and O–H groups in total. The quantitative estimate of drug-likeness (QED) is 0.719. The van der Waals surface area contributed by atoms with Crippen LogP contribution in [-0.4, -0.2) is 10.9 Å². The van der Waals surface area contributed by atoms with Crippen molar-refractivity contribution in [2.24, 2.45) is 0 Å². The predicted octanol–water partition coefficient (Wildman–Crippen LogP) is 4.71. The molecule has 2 aromatic carbocycles. The maximum absolute atomic E-state index is 13.0. The number of rotatable bonds is 4. The minimum atomic E-state index is -0.382. The van der Waals surface area contributed by atoms with Gasteiger partial charge in [-0.05, 0) is 55.5 Å². The number of anilines is 1. The summed E-state index contributed by atoms with van der Waals surface area (Å²) in [6, 6.07) is 16.4. The van der Waals surface area contributed by atoms with Crippen LogP contribution in [0.3, 0.4) is 0 Å². The topological polar surface area (TPSA) is 44.9 Å². The van der Waals surface area contributed by atoms with Crippen molar-refractivity contribution in [2.45, 2.75) is 38.5 Å².